The van der Waals surface area contributed by atoms with E-state index in [4.69, 9.17) is 10.5 Å². The molecule has 2 rings (SSSR count). The lowest BCUT2D eigenvalue weighted by molar-refractivity contribution is -0.138. The van der Waals surface area contributed by atoms with E-state index in [0.717, 1.165) is 10.0 Å². The smallest absolute Gasteiger partial charge is 0.224 e. The number of ether oxygens (including phenoxy) is 1. The van der Waals surface area contributed by atoms with Gasteiger partial charge in [0.1, 0.15) is 6.10 Å². The lowest BCUT2D eigenvalue weighted by atomic mass is 10.1. The van der Waals surface area contributed by atoms with Gasteiger partial charge in [-0.25, -0.2) is 0 Å². The van der Waals surface area contributed by atoms with Crippen LogP contribution in [-0.2, 0) is 9.53 Å². The zero-order valence-corrected chi connectivity index (χ0v) is 11.7. The van der Waals surface area contributed by atoms with Crippen LogP contribution >= 0.6 is 15.9 Å². The molecule has 1 aliphatic rings. The third-order valence-electron chi connectivity index (χ3n) is 3.03. The second-order valence-electron chi connectivity index (χ2n) is 4.26. The molecule has 1 unspecified atom stereocenters. The zero-order valence-electron chi connectivity index (χ0n) is 10.1. The summed E-state index contributed by atoms with van der Waals surface area (Å²) >= 11 is 3.52. The highest BCUT2D eigenvalue weighted by atomic mass is 79.9. The van der Waals surface area contributed by atoms with E-state index in [1.54, 1.807) is 0 Å². The normalized spacial score (nSPS) is 19.9. The molecule has 0 spiro atoms. The Hall–Kier alpha value is -0.910. The number of hydrogen-bond acceptors (Lipinski definition) is 3. The molecule has 1 amide bonds. The molecule has 1 aromatic carbocycles. The van der Waals surface area contributed by atoms with Crippen LogP contribution in [0.15, 0.2) is 28.7 Å². The minimum absolute atomic E-state index is 0.0592. The fraction of sp³-hybridized carbons (Fsp3) is 0.462. The molecule has 1 saturated heterocycles. The van der Waals surface area contributed by atoms with Crippen LogP contribution in [0.2, 0.25) is 0 Å². The van der Waals surface area contributed by atoms with Crippen molar-refractivity contribution in [2.45, 2.75) is 12.5 Å². The topological polar surface area (TPSA) is 55.6 Å². The van der Waals surface area contributed by atoms with E-state index >= 15 is 0 Å². The maximum absolute atomic E-state index is 11.8. The Kier molecular flexibility index (Phi) is 4.74. The third kappa shape index (κ3) is 3.10. The number of halogens is 1. The minimum atomic E-state index is -0.0592. The van der Waals surface area contributed by atoms with Gasteiger partial charge in [-0.15, -0.1) is 0 Å². The van der Waals surface area contributed by atoms with Gasteiger partial charge >= 0.3 is 0 Å². The summed E-state index contributed by atoms with van der Waals surface area (Å²) in [5.74, 6) is 0.109. The van der Waals surface area contributed by atoms with E-state index < -0.39 is 0 Å². The number of carbonyl (C=O) groups is 1. The highest BCUT2D eigenvalue weighted by Crippen LogP contribution is 2.28. The summed E-state index contributed by atoms with van der Waals surface area (Å²) in [7, 11) is 0. The van der Waals surface area contributed by atoms with Crippen LogP contribution in [0.5, 0.6) is 0 Å². The molecular weight excluding hydrogens is 296 g/mol. The van der Waals surface area contributed by atoms with Gasteiger partial charge < -0.3 is 15.4 Å². The first-order valence-corrected chi connectivity index (χ1v) is 6.85. The number of benzene rings is 1. The van der Waals surface area contributed by atoms with Gasteiger partial charge in [-0.1, -0.05) is 34.1 Å². The number of morpholine rings is 1. The van der Waals surface area contributed by atoms with Crippen molar-refractivity contribution in [3.8, 4) is 0 Å². The first kappa shape index (κ1) is 13.5. The van der Waals surface area contributed by atoms with Crippen molar-refractivity contribution in [1.82, 2.24) is 4.90 Å². The van der Waals surface area contributed by atoms with Gasteiger partial charge in [-0.3, -0.25) is 4.79 Å². The molecule has 0 bridgehead atoms. The highest BCUT2D eigenvalue weighted by molar-refractivity contribution is 9.10. The summed E-state index contributed by atoms with van der Waals surface area (Å²) in [6.07, 6.45) is 0.346. The van der Waals surface area contributed by atoms with Crippen molar-refractivity contribution in [2.24, 2.45) is 5.73 Å². The molecule has 1 aliphatic heterocycles. The molecule has 0 aromatic heterocycles. The van der Waals surface area contributed by atoms with Crippen molar-refractivity contribution >= 4 is 21.8 Å². The first-order chi connectivity index (χ1) is 8.72. The molecule has 2 N–H and O–H groups in total. The van der Waals surface area contributed by atoms with Crippen LogP contribution in [0.1, 0.15) is 18.1 Å². The molecule has 4 nitrogen and oxygen atoms in total. The number of hydrogen-bond donors (Lipinski definition) is 1. The van der Waals surface area contributed by atoms with E-state index in [-0.39, 0.29) is 12.0 Å². The van der Waals surface area contributed by atoms with Crippen LogP contribution in [-0.4, -0.2) is 37.0 Å². The second-order valence-corrected chi connectivity index (χ2v) is 5.11. The molecule has 98 valence electrons. The third-order valence-corrected chi connectivity index (χ3v) is 3.75. The van der Waals surface area contributed by atoms with E-state index in [1.807, 2.05) is 29.2 Å². The number of rotatable bonds is 3. The standard InChI is InChI=1S/C13H17BrN2O2/c14-11-4-2-1-3-10(11)12-9-16(7-8-18-12)13(17)5-6-15/h1-4,12H,5-9,15H2. The van der Waals surface area contributed by atoms with Crippen LogP contribution in [0.4, 0.5) is 0 Å². The first-order valence-electron chi connectivity index (χ1n) is 6.06. The van der Waals surface area contributed by atoms with Gasteiger partial charge in [0.2, 0.25) is 5.91 Å². The Morgan fingerprint density at radius 3 is 3.00 bits per heavy atom. The zero-order chi connectivity index (χ0) is 13.0. The van der Waals surface area contributed by atoms with Crippen molar-refractivity contribution in [3.63, 3.8) is 0 Å². The highest BCUT2D eigenvalue weighted by Gasteiger charge is 2.25. The maximum atomic E-state index is 11.8. The molecule has 1 fully saturated rings. The van der Waals surface area contributed by atoms with Gasteiger partial charge in [0.15, 0.2) is 0 Å². The average Bonchev–Trinajstić information content (AvgIpc) is 2.40. The summed E-state index contributed by atoms with van der Waals surface area (Å²) in [4.78, 5) is 13.7. The van der Waals surface area contributed by atoms with Crippen molar-refractivity contribution in [2.75, 3.05) is 26.2 Å². The Labute approximate surface area is 115 Å². The molecule has 1 heterocycles. The number of nitrogens with two attached hydrogens (primary N) is 1. The van der Waals surface area contributed by atoms with E-state index in [9.17, 15) is 4.79 Å². The van der Waals surface area contributed by atoms with Crippen molar-refractivity contribution in [3.05, 3.63) is 34.3 Å². The van der Waals surface area contributed by atoms with Crippen molar-refractivity contribution in [1.29, 1.82) is 0 Å². The minimum Gasteiger partial charge on any atom is -0.370 e. The molecule has 1 atom stereocenters. The van der Waals surface area contributed by atoms with Gasteiger partial charge in [0.05, 0.1) is 13.2 Å². The molecule has 1 aromatic rings. The molecule has 18 heavy (non-hydrogen) atoms. The lowest BCUT2D eigenvalue weighted by Gasteiger charge is -2.33. The van der Waals surface area contributed by atoms with Crippen LogP contribution in [0, 0.1) is 0 Å². The number of amides is 1. The van der Waals surface area contributed by atoms with E-state index in [0.29, 0.717) is 32.7 Å². The number of nitrogens with zero attached hydrogens (tertiary/aromatic N) is 1. The van der Waals surface area contributed by atoms with Crippen LogP contribution < -0.4 is 5.73 Å². The average molecular weight is 313 g/mol. The van der Waals surface area contributed by atoms with Gasteiger partial charge in [-0.2, -0.15) is 0 Å². The van der Waals surface area contributed by atoms with Crippen LogP contribution in [0.3, 0.4) is 0 Å². The number of carbonyl (C=O) groups excluding carboxylic acids is 1. The molecule has 0 radical (unpaired) electrons. The SMILES string of the molecule is NCCC(=O)N1CCOC(c2ccccc2Br)C1. The van der Waals surface area contributed by atoms with Gasteiger partial charge in [0.25, 0.3) is 0 Å². The summed E-state index contributed by atoms with van der Waals surface area (Å²) < 4.78 is 6.77. The predicted molar refractivity (Wildman–Crippen MR) is 73.1 cm³/mol. The Morgan fingerprint density at radius 1 is 1.50 bits per heavy atom. The molecule has 5 heteroatoms. The summed E-state index contributed by atoms with van der Waals surface area (Å²) in [5, 5.41) is 0. The second kappa shape index (κ2) is 6.31. The summed E-state index contributed by atoms with van der Waals surface area (Å²) in [6, 6.07) is 7.95. The summed E-state index contributed by atoms with van der Waals surface area (Å²) in [5.41, 5.74) is 6.51. The van der Waals surface area contributed by atoms with Gasteiger partial charge in [0, 0.05) is 24.0 Å². The van der Waals surface area contributed by atoms with Crippen molar-refractivity contribution < 1.29 is 9.53 Å². The largest absolute Gasteiger partial charge is 0.370 e. The maximum Gasteiger partial charge on any atom is 0.224 e. The molecule has 0 aliphatic carbocycles. The summed E-state index contributed by atoms with van der Waals surface area (Å²) in [6.45, 7) is 2.22. The Morgan fingerprint density at radius 2 is 2.28 bits per heavy atom. The monoisotopic (exact) mass is 312 g/mol. The quantitative estimate of drug-likeness (QED) is 0.924. The fourth-order valence-electron chi connectivity index (χ4n) is 2.08. The van der Waals surface area contributed by atoms with E-state index in [1.165, 1.54) is 0 Å². The predicted octanol–water partition coefficient (Wildman–Crippen LogP) is 1.70. The Bertz CT molecular complexity index is 425. The van der Waals surface area contributed by atoms with Crippen LogP contribution in [0.25, 0.3) is 0 Å². The van der Waals surface area contributed by atoms with E-state index in [2.05, 4.69) is 15.9 Å². The fourth-order valence-corrected chi connectivity index (χ4v) is 2.62. The lowest BCUT2D eigenvalue weighted by Crippen LogP contribution is -2.42. The Balaban J connectivity index is 2.07. The van der Waals surface area contributed by atoms with Gasteiger partial charge in [-0.05, 0) is 11.6 Å². The molecule has 0 saturated carbocycles. The molecular formula is C13H17BrN2O2.